The van der Waals surface area contributed by atoms with E-state index in [1.807, 2.05) is 60.7 Å². The van der Waals surface area contributed by atoms with Crippen molar-refractivity contribution in [3.8, 4) is 11.5 Å². The van der Waals surface area contributed by atoms with Crippen LogP contribution in [0.3, 0.4) is 0 Å². The number of nitrogens with zero attached hydrogens (tertiary/aromatic N) is 2. The highest BCUT2D eigenvalue weighted by molar-refractivity contribution is 6.07. The maximum absolute atomic E-state index is 12.2. The highest BCUT2D eigenvalue weighted by Crippen LogP contribution is 2.38. The molecule has 0 fully saturated rings. The van der Waals surface area contributed by atoms with Crippen LogP contribution in [0.2, 0.25) is 0 Å². The lowest BCUT2D eigenvalue weighted by molar-refractivity contribution is -0.135. The highest BCUT2D eigenvalue weighted by atomic mass is 16.7. The Labute approximate surface area is 155 Å². The third-order valence-electron chi connectivity index (χ3n) is 4.67. The molecule has 0 bridgehead atoms. The number of fused-ring (bicyclic) bond motifs is 2. The molecule has 2 aliphatic heterocycles. The number of amides is 1. The predicted molar refractivity (Wildman–Crippen MR) is 99.4 cm³/mol. The van der Waals surface area contributed by atoms with Crippen LogP contribution in [0.25, 0.3) is 10.8 Å². The van der Waals surface area contributed by atoms with E-state index in [-0.39, 0.29) is 12.7 Å². The minimum atomic E-state index is -0.647. The first-order chi connectivity index (χ1) is 13.2. The van der Waals surface area contributed by atoms with Crippen molar-refractivity contribution in [3.05, 3.63) is 71.8 Å². The van der Waals surface area contributed by atoms with E-state index in [9.17, 15) is 4.79 Å². The standard InChI is InChI=1S/C21H16N2O4/c1-13(24)23-21(15-9-10-18-19(11-15)26-12-25-18)27-20(22-23)17-8-4-6-14-5-2-3-7-16(14)17/h2-11,21H,12H2,1H3. The SMILES string of the molecule is CC(=O)N1N=C(c2cccc3ccccc23)OC1c1ccc2c(c1)OCO2. The summed E-state index contributed by atoms with van der Waals surface area (Å²) in [6.45, 7) is 1.66. The molecule has 134 valence electrons. The fourth-order valence-corrected chi connectivity index (χ4v) is 3.37. The second kappa shape index (κ2) is 6.02. The zero-order valence-corrected chi connectivity index (χ0v) is 14.6. The molecular weight excluding hydrogens is 344 g/mol. The molecule has 27 heavy (non-hydrogen) atoms. The van der Waals surface area contributed by atoms with Crippen LogP contribution in [0.15, 0.2) is 65.8 Å². The van der Waals surface area contributed by atoms with Gasteiger partial charge in [-0.05, 0) is 35.0 Å². The summed E-state index contributed by atoms with van der Waals surface area (Å²) in [4.78, 5) is 12.2. The van der Waals surface area contributed by atoms with E-state index in [4.69, 9.17) is 14.2 Å². The lowest BCUT2D eigenvalue weighted by atomic mass is 10.0. The van der Waals surface area contributed by atoms with Gasteiger partial charge in [0.05, 0.1) is 0 Å². The molecule has 0 saturated heterocycles. The Balaban J connectivity index is 1.56. The normalized spacial score (nSPS) is 17.7. The Morgan fingerprint density at radius 3 is 2.74 bits per heavy atom. The number of hydrazone groups is 1. The minimum Gasteiger partial charge on any atom is -0.454 e. The van der Waals surface area contributed by atoms with Crippen molar-refractivity contribution in [1.29, 1.82) is 0 Å². The van der Waals surface area contributed by atoms with E-state index >= 15 is 0 Å². The average molecular weight is 360 g/mol. The molecule has 0 aliphatic carbocycles. The molecule has 3 aromatic rings. The quantitative estimate of drug-likeness (QED) is 0.697. The van der Waals surface area contributed by atoms with Crippen LogP contribution in [-0.2, 0) is 9.53 Å². The van der Waals surface area contributed by atoms with Crippen molar-refractivity contribution in [3.63, 3.8) is 0 Å². The van der Waals surface area contributed by atoms with Gasteiger partial charge >= 0.3 is 0 Å². The van der Waals surface area contributed by atoms with Crippen LogP contribution < -0.4 is 9.47 Å². The van der Waals surface area contributed by atoms with Gasteiger partial charge < -0.3 is 14.2 Å². The Hall–Kier alpha value is -3.54. The van der Waals surface area contributed by atoms with Gasteiger partial charge in [-0.15, -0.1) is 5.10 Å². The van der Waals surface area contributed by atoms with Crippen LogP contribution in [0.4, 0.5) is 0 Å². The number of carbonyl (C=O) groups is 1. The van der Waals surface area contributed by atoms with Crippen molar-refractivity contribution in [2.45, 2.75) is 13.2 Å². The summed E-state index contributed by atoms with van der Waals surface area (Å²) in [6.07, 6.45) is -0.647. The summed E-state index contributed by atoms with van der Waals surface area (Å²) in [5.74, 6) is 1.54. The molecule has 2 aliphatic rings. The van der Waals surface area contributed by atoms with Gasteiger partial charge in [0, 0.05) is 18.1 Å². The molecule has 1 amide bonds. The maximum atomic E-state index is 12.2. The highest BCUT2D eigenvalue weighted by Gasteiger charge is 2.34. The molecule has 0 spiro atoms. The molecule has 1 unspecified atom stereocenters. The van der Waals surface area contributed by atoms with E-state index in [0.29, 0.717) is 17.4 Å². The second-order valence-corrected chi connectivity index (χ2v) is 6.38. The minimum absolute atomic E-state index is 0.193. The number of hydrogen-bond acceptors (Lipinski definition) is 5. The van der Waals surface area contributed by atoms with Crippen molar-refractivity contribution in [2.24, 2.45) is 5.10 Å². The van der Waals surface area contributed by atoms with Gasteiger partial charge in [0.25, 0.3) is 0 Å². The summed E-state index contributed by atoms with van der Waals surface area (Å²) in [7, 11) is 0. The molecule has 1 atom stereocenters. The average Bonchev–Trinajstić information content (AvgIpc) is 3.34. The third kappa shape index (κ3) is 2.57. The van der Waals surface area contributed by atoms with Gasteiger partial charge in [0.15, 0.2) is 11.5 Å². The molecule has 3 aromatic carbocycles. The van der Waals surface area contributed by atoms with E-state index in [0.717, 1.165) is 21.9 Å². The fraction of sp³-hybridized carbons (Fsp3) is 0.143. The predicted octanol–water partition coefficient (Wildman–Crippen LogP) is 3.81. The molecule has 0 aromatic heterocycles. The molecular formula is C21H16N2O4. The first-order valence-electron chi connectivity index (χ1n) is 8.63. The number of rotatable bonds is 2. The Bertz CT molecular complexity index is 1090. The fourth-order valence-electron chi connectivity index (χ4n) is 3.37. The lowest BCUT2D eigenvalue weighted by Gasteiger charge is -2.19. The Morgan fingerprint density at radius 1 is 1.04 bits per heavy atom. The number of carbonyl (C=O) groups excluding carboxylic acids is 1. The molecule has 2 heterocycles. The molecule has 5 rings (SSSR count). The van der Waals surface area contributed by atoms with Crippen molar-refractivity contribution in [1.82, 2.24) is 5.01 Å². The van der Waals surface area contributed by atoms with Gasteiger partial charge in [-0.3, -0.25) is 4.79 Å². The van der Waals surface area contributed by atoms with E-state index in [1.165, 1.54) is 11.9 Å². The summed E-state index contributed by atoms with van der Waals surface area (Å²) < 4.78 is 16.9. The van der Waals surface area contributed by atoms with Crippen LogP contribution in [0.5, 0.6) is 11.5 Å². The first-order valence-corrected chi connectivity index (χ1v) is 8.63. The lowest BCUT2D eigenvalue weighted by Crippen LogP contribution is -2.25. The van der Waals surface area contributed by atoms with Crippen LogP contribution in [0, 0.1) is 0 Å². The third-order valence-corrected chi connectivity index (χ3v) is 4.67. The summed E-state index contributed by atoms with van der Waals surface area (Å²) >= 11 is 0. The summed E-state index contributed by atoms with van der Waals surface area (Å²) in [6, 6.07) is 19.4. The van der Waals surface area contributed by atoms with E-state index in [1.54, 1.807) is 0 Å². The van der Waals surface area contributed by atoms with E-state index < -0.39 is 6.23 Å². The molecule has 0 saturated carbocycles. The monoisotopic (exact) mass is 360 g/mol. The number of ether oxygens (including phenoxy) is 3. The van der Waals surface area contributed by atoms with Crippen LogP contribution in [-0.4, -0.2) is 23.6 Å². The van der Waals surface area contributed by atoms with Crippen LogP contribution in [0.1, 0.15) is 24.3 Å². The second-order valence-electron chi connectivity index (χ2n) is 6.38. The zero-order chi connectivity index (χ0) is 18.4. The number of hydrogen-bond donors (Lipinski definition) is 0. The molecule has 6 nitrogen and oxygen atoms in total. The van der Waals surface area contributed by atoms with Crippen molar-refractivity contribution < 1.29 is 19.0 Å². The molecule has 6 heteroatoms. The van der Waals surface area contributed by atoms with Gasteiger partial charge in [-0.25, -0.2) is 0 Å². The van der Waals surface area contributed by atoms with Crippen molar-refractivity contribution >= 4 is 22.6 Å². The molecule has 0 N–H and O–H groups in total. The maximum Gasteiger partial charge on any atom is 0.243 e. The van der Waals surface area contributed by atoms with Gasteiger partial charge in [0.2, 0.25) is 24.8 Å². The topological polar surface area (TPSA) is 60.4 Å². The zero-order valence-electron chi connectivity index (χ0n) is 14.6. The summed E-state index contributed by atoms with van der Waals surface area (Å²) in [5.41, 5.74) is 1.62. The van der Waals surface area contributed by atoms with E-state index in [2.05, 4.69) is 5.10 Å². The van der Waals surface area contributed by atoms with Crippen LogP contribution >= 0.6 is 0 Å². The Kier molecular flexibility index (Phi) is 3.50. The van der Waals surface area contributed by atoms with Gasteiger partial charge in [-0.2, -0.15) is 5.01 Å². The summed E-state index contributed by atoms with van der Waals surface area (Å²) in [5, 5.41) is 7.93. The number of benzene rings is 3. The van der Waals surface area contributed by atoms with Gasteiger partial charge in [0.1, 0.15) is 0 Å². The Morgan fingerprint density at radius 2 is 1.85 bits per heavy atom. The molecule has 0 radical (unpaired) electrons. The largest absolute Gasteiger partial charge is 0.454 e. The van der Waals surface area contributed by atoms with Crippen molar-refractivity contribution in [2.75, 3.05) is 6.79 Å². The first kappa shape index (κ1) is 15.7. The van der Waals surface area contributed by atoms with Gasteiger partial charge in [-0.1, -0.05) is 36.4 Å². The smallest absolute Gasteiger partial charge is 0.243 e.